The second-order valence-electron chi connectivity index (χ2n) is 4.66. The van der Waals surface area contributed by atoms with Gasteiger partial charge in [-0.05, 0) is 12.0 Å². The third kappa shape index (κ3) is 4.92. The van der Waals surface area contributed by atoms with Gasteiger partial charge in [-0.15, -0.1) is 0 Å². The van der Waals surface area contributed by atoms with Gasteiger partial charge in [0.05, 0.1) is 19.8 Å². The maximum atomic E-state index is 11.4. The normalized spacial score (nSPS) is 13.9. The molecule has 5 nitrogen and oxygen atoms in total. The largest absolute Gasteiger partial charge is 0.480 e. The Morgan fingerprint density at radius 2 is 1.85 bits per heavy atom. The quantitative estimate of drug-likeness (QED) is 0.639. The van der Waals surface area contributed by atoms with Crippen molar-refractivity contribution in [2.75, 3.05) is 26.4 Å². The van der Waals surface area contributed by atoms with Gasteiger partial charge in [0.1, 0.15) is 0 Å². The van der Waals surface area contributed by atoms with Crippen molar-refractivity contribution in [2.24, 2.45) is 5.73 Å². The smallest absolute Gasteiger partial charge is 0.330 e. The fourth-order valence-corrected chi connectivity index (χ4v) is 1.70. The van der Waals surface area contributed by atoms with Crippen LogP contribution in [0.15, 0.2) is 30.3 Å². The number of unbranched alkanes of at least 4 members (excludes halogenated alkanes) is 1. The molecule has 0 bridgehead atoms. The highest BCUT2D eigenvalue weighted by molar-refractivity contribution is 5.80. The van der Waals surface area contributed by atoms with Crippen molar-refractivity contribution in [1.29, 1.82) is 0 Å². The molecule has 0 aromatic heterocycles. The first-order valence-electron chi connectivity index (χ1n) is 6.84. The van der Waals surface area contributed by atoms with Gasteiger partial charge in [-0.3, -0.25) is 0 Å². The van der Waals surface area contributed by atoms with E-state index in [-0.39, 0.29) is 6.61 Å². The number of hydrogen-bond donors (Lipinski definition) is 2. The minimum absolute atomic E-state index is 0.0799. The molecule has 0 amide bonds. The van der Waals surface area contributed by atoms with Crippen molar-refractivity contribution in [3.8, 4) is 0 Å². The summed E-state index contributed by atoms with van der Waals surface area (Å²) >= 11 is 0. The summed E-state index contributed by atoms with van der Waals surface area (Å²) in [4.78, 5) is 11.4. The van der Waals surface area contributed by atoms with Crippen LogP contribution in [0.3, 0.4) is 0 Å². The van der Waals surface area contributed by atoms with Gasteiger partial charge in [0.15, 0.2) is 5.54 Å². The number of nitrogens with two attached hydrogens (primary N) is 1. The van der Waals surface area contributed by atoms with Crippen LogP contribution in [0.25, 0.3) is 0 Å². The topological polar surface area (TPSA) is 81.8 Å². The van der Waals surface area contributed by atoms with Crippen molar-refractivity contribution in [3.05, 3.63) is 35.9 Å². The molecule has 0 fully saturated rings. The number of ether oxygens (including phenoxy) is 2. The minimum Gasteiger partial charge on any atom is -0.480 e. The number of aliphatic carboxylic acids is 1. The molecule has 0 saturated heterocycles. The fourth-order valence-electron chi connectivity index (χ4n) is 1.70. The zero-order valence-corrected chi connectivity index (χ0v) is 11.9. The summed E-state index contributed by atoms with van der Waals surface area (Å²) in [7, 11) is 0. The molecule has 0 saturated carbocycles. The highest BCUT2D eigenvalue weighted by atomic mass is 16.5. The number of carbonyl (C=O) groups is 1. The van der Waals surface area contributed by atoms with Gasteiger partial charge in [0, 0.05) is 6.61 Å². The molecule has 0 aliphatic rings. The van der Waals surface area contributed by atoms with Crippen molar-refractivity contribution in [3.63, 3.8) is 0 Å². The molecule has 112 valence electrons. The average molecular weight is 281 g/mol. The summed E-state index contributed by atoms with van der Waals surface area (Å²) in [6, 6.07) is 8.71. The second kappa shape index (κ2) is 8.68. The van der Waals surface area contributed by atoms with Crippen LogP contribution in [-0.2, 0) is 19.8 Å². The minimum atomic E-state index is -1.52. The lowest BCUT2D eigenvalue weighted by Gasteiger charge is -2.25. The average Bonchev–Trinajstić information content (AvgIpc) is 2.46. The lowest BCUT2D eigenvalue weighted by atomic mass is 9.92. The van der Waals surface area contributed by atoms with Gasteiger partial charge in [-0.25, -0.2) is 4.79 Å². The zero-order valence-electron chi connectivity index (χ0n) is 11.9. The third-order valence-electron chi connectivity index (χ3n) is 3.01. The van der Waals surface area contributed by atoms with E-state index in [2.05, 4.69) is 6.92 Å². The molecule has 0 spiro atoms. The molecule has 0 aliphatic carbocycles. The predicted octanol–water partition coefficient (Wildman–Crippen LogP) is 1.76. The summed E-state index contributed by atoms with van der Waals surface area (Å²) in [6.07, 6.45) is 2.10. The second-order valence-corrected chi connectivity index (χ2v) is 4.66. The number of hydrogen-bond acceptors (Lipinski definition) is 4. The van der Waals surface area contributed by atoms with Crippen LogP contribution in [0, 0.1) is 0 Å². The summed E-state index contributed by atoms with van der Waals surface area (Å²) < 4.78 is 10.7. The molecule has 0 heterocycles. The van der Waals surface area contributed by atoms with E-state index in [1.54, 1.807) is 24.3 Å². The van der Waals surface area contributed by atoms with Gasteiger partial charge in [-0.2, -0.15) is 0 Å². The molecule has 20 heavy (non-hydrogen) atoms. The lowest BCUT2D eigenvalue weighted by molar-refractivity contribution is -0.146. The first-order valence-corrected chi connectivity index (χ1v) is 6.84. The number of benzene rings is 1. The Morgan fingerprint density at radius 3 is 2.45 bits per heavy atom. The van der Waals surface area contributed by atoms with Crippen molar-refractivity contribution in [2.45, 2.75) is 25.3 Å². The van der Waals surface area contributed by atoms with Crippen LogP contribution < -0.4 is 5.73 Å². The summed E-state index contributed by atoms with van der Waals surface area (Å²) in [6.45, 7) is 3.50. The van der Waals surface area contributed by atoms with E-state index in [4.69, 9.17) is 15.2 Å². The van der Waals surface area contributed by atoms with E-state index in [0.29, 0.717) is 25.4 Å². The van der Waals surface area contributed by atoms with E-state index in [0.717, 1.165) is 12.8 Å². The van der Waals surface area contributed by atoms with Gasteiger partial charge in [0.2, 0.25) is 0 Å². The molecule has 0 radical (unpaired) electrons. The molecule has 3 N–H and O–H groups in total. The molecular formula is C15H23NO4. The predicted molar refractivity (Wildman–Crippen MR) is 76.5 cm³/mol. The molecule has 5 heteroatoms. The maximum Gasteiger partial charge on any atom is 0.330 e. The molecule has 0 aliphatic heterocycles. The number of carboxylic acid groups (broad SMARTS) is 1. The van der Waals surface area contributed by atoms with E-state index in [1.165, 1.54) is 0 Å². The molecular weight excluding hydrogens is 258 g/mol. The fraction of sp³-hybridized carbons (Fsp3) is 0.533. The molecule has 1 unspecified atom stereocenters. The van der Waals surface area contributed by atoms with E-state index < -0.39 is 11.5 Å². The highest BCUT2D eigenvalue weighted by Crippen LogP contribution is 2.18. The summed E-state index contributed by atoms with van der Waals surface area (Å²) in [5.41, 5.74) is 4.96. The zero-order chi connectivity index (χ0) is 14.8. The summed E-state index contributed by atoms with van der Waals surface area (Å²) in [5, 5.41) is 9.32. The van der Waals surface area contributed by atoms with Crippen LogP contribution >= 0.6 is 0 Å². The third-order valence-corrected chi connectivity index (χ3v) is 3.01. The SMILES string of the molecule is CCCCOCCOCC(N)(C(=O)O)c1ccccc1. The van der Waals surface area contributed by atoms with Crippen LogP contribution in [0.5, 0.6) is 0 Å². The van der Waals surface area contributed by atoms with Crippen LogP contribution in [0.2, 0.25) is 0 Å². The standard InChI is InChI=1S/C15H23NO4/c1-2-3-9-19-10-11-20-12-15(16,14(17)18)13-7-5-4-6-8-13/h4-8H,2-3,9-12,16H2,1H3,(H,17,18). The Labute approximate surface area is 119 Å². The monoisotopic (exact) mass is 281 g/mol. The van der Waals surface area contributed by atoms with Gasteiger partial charge in [-0.1, -0.05) is 43.7 Å². The van der Waals surface area contributed by atoms with Crippen LogP contribution in [0.4, 0.5) is 0 Å². The summed E-state index contributed by atoms with van der Waals surface area (Å²) in [5.74, 6) is -1.10. The Hall–Kier alpha value is -1.43. The van der Waals surface area contributed by atoms with Crippen LogP contribution in [-0.4, -0.2) is 37.5 Å². The lowest BCUT2D eigenvalue weighted by Crippen LogP contribution is -2.49. The van der Waals surface area contributed by atoms with Crippen molar-refractivity contribution in [1.82, 2.24) is 0 Å². The van der Waals surface area contributed by atoms with Gasteiger partial charge in [0.25, 0.3) is 0 Å². The Kier molecular flexibility index (Phi) is 7.22. The highest BCUT2D eigenvalue weighted by Gasteiger charge is 2.36. The molecule has 1 aromatic carbocycles. The molecule has 1 atom stereocenters. The van der Waals surface area contributed by atoms with E-state index >= 15 is 0 Å². The van der Waals surface area contributed by atoms with Gasteiger partial charge >= 0.3 is 5.97 Å². The molecule has 1 aromatic rings. The van der Waals surface area contributed by atoms with E-state index in [1.807, 2.05) is 6.07 Å². The van der Waals surface area contributed by atoms with Gasteiger partial charge < -0.3 is 20.3 Å². The molecule has 1 rings (SSSR count). The number of rotatable bonds is 10. The Morgan fingerprint density at radius 1 is 1.20 bits per heavy atom. The first-order chi connectivity index (χ1) is 9.61. The maximum absolute atomic E-state index is 11.4. The Bertz CT molecular complexity index is 396. The van der Waals surface area contributed by atoms with E-state index in [9.17, 15) is 9.90 Å². The van der Waals surface area contributed by atoms with Crippen molar-refractivity contribution >= 4 is 5.97 Å². The van der Waals surface area contributed by atoms with Crippen molar-refractivity contribution < 1.29 is 19.4 Å². The number of carboxylic acids is 1. The van der Waals surface area contributed by atoms with Crippen LogP contribution in [0.1, 0.15) is 25.3 Å². The Balaban J connectivity index is 2.43. The first kappa shape index (κ1) is 16.6.